The lowest BCUT2D eigenvalue weighted by molar-refractivity contribution is 1.45. The summed E-state index contributed by atoms with van der Waals surface area (Å²) in [5, 5.41) is 25.2. The van der Waals surface area contributed by atoms with E-state index in [1.165, 1.54) is 30.9 Å². The quantitative estimate of drug-likeness (QED) is 0.241. The molecule has 0 amide bonds. The van der Waals surface area contributed by atoms with Crippen LogP contribution < -0.4 is 0 Å². The van der Waals surface area contributed by atoms with Crippen molar-refractivity contribution in [2.45, 2.75) is 0 Å². The van der Waals surface area contributed by atoms with Gasteiger partial charge in [0.1, 0.15) is 0 Å². The Balaban J connectivity index is 1.51. The van der Waals surface area contributed by atoms with E-state index in [0.29, 0.717) is 11.1 Å². The maximum absolute atomic E-state index is 10.2. The van der Waals surface area contributed by atoms with Crippen molar-refractivity contribution < 1.29 is 0 Å². The van der Waals surface area contributed by atoms with Gasteiger partial charge < -0.3 is 0 Å². The molecule has 0 atom stereocenters. The van der Waals surface area contributed by atoms with Crippen LogP contribution in [0.3, 0.4) is 0 Å². The van der Waals surface area contributed by atoms with Crippen LogP contribution in [0.25, 0.3) is 62.6 Å². The van der Waals surface area contributed by atoms with Crippen molar-refractivity contribution in [2.24, 2.45) is 0 Å². The third-order valence-electron chi connectivity index (χ3n) is 6.79. The molecule has 166 valence electrons. The number of thiophene rings is 2. The van der Waals surface area contributed by atoms with Crippen molar-refractivity contribution in [2.75, 3.05) is 0 Å². The zero-order chi connectivity index (χ0) is 24.2. The Bertz CT molecular complexity index is 1930. The minimum atomic E-state index is 0.576. The van der Waals surface area contributed by atoms with Gasteiger partial charge in [-0.05, 0) is 24.3 Å². The van der Waals surface area contributed by atoms with Crippen LogP contribution in [0.4, 0.5) is 0 Å². The van der Waals surface area contributed by atoms with Gasteiger partial charge in [0.15, 0.2) is 0 Å². The zero-order valence-corrected chi connectivity index (χ0v) is 20.6. The van der Waals surface area contributed by atoms with Crippen LogP contribution in [0.15, 0.2) is 97.1 Å². The van der Waals surface area contributed by atoms with E-state index in [0.717, 1.165) is 31.7 Å². The normalized spacial score (nSPS) is 11.3. The minimum absolute atomic E-state index is 0.576. The fourth-order valence-electron chi connectivity index (χ4n) is 5.15. The van der Waals surface area contributed by atoms with Crippen molar-refractivity contribution in [3.63, 3.8) is 0 Å². The summed E-state index contributed by atoms with van der Waals surface area (Å²) in [6.45, 7) is 0. The summed E-state index contributed by atoms with van der Waals surface area (Å²) in [5.74, 6) is 0. The molecule has 0 unspecified atom stereocenters. The van der Waals surface area contributed by atoms with Gasteiger partial charge in [-0.15, -0.1) is 22.7 Å². The number of benzene rings is 5. The summed E-state index contributed by atoms with van der Waals surface area (Å²) in [6.07, 6.45) is 0. The summed E-state index contributed by atoms with van der Waals surface area (Å²) < 4.78 is 4.70. The molecule has 0 fully saturated rings. The van der Waals surface area contributed by atoms with E-state index in [2.05, 4.69) is 84.9 Å². The molecule has 5 aromatic carbocycles. The molecule has 2 heterocycles. The van der Waals surface area contributed by atoms with E-state index in [1.54, 1.807) is 22.7 Å². The number of nitrogens with zero attached hydrogens (tertiary/aromatic N) is 2. The first-order chi connectivity index (χ1) is 17.8. The highest BCUT2D eigenvalue weighted by Gasteiger charge is 2.19. The van der Waals surface area contributed by atoms with Crippen molar-refractivity contribution >= 4 is 63.0 Å². The lowest BCUT2D eigenvalue weighted by Gasteiger charge is -2.12. The van der Waals surface area contributed by atoms with Crippen molar-refractivity contribution in [3.8, 4) is 34.4 Å². The molecule has 36 heavy (non-hydrogen) atoms. The van der Waals surface area contributed by atoms with E-state index in [9.17, 15) is 10.5 Å². The van der Waals surface area contributed by atoms with Crippen LogP contribution in [-0.4, -0.2) is 0 Å². The van der Waals surface area contributed by atoms with Crippen LogP contribution in [0.1, 0.15) is 11.1 Å². The first kappa shape index (κ1) is 20.9. The monoisotopic (exact) mass is 492 g/mol. The van der Waals surface area contributed by atoms with Gasteiger partial charge in [-0.1, -0.05) is 72.8 Å². The highest BCUT2D eigenvalue weighted by Crippen LogP contribution is 2.44. The van der Waals surface area contributed by atoms with E-state index in [-0.39, 0.29) is 0 Å². The number of hydrogen-bond donors (Lipinski definition) is 0. The van der Waals surface area contributed by atoms with Crippen LogP contribution >= 0.6 is 22.7 Å². The molecule has 0 N–H and O–H groups in total. The smallest absolute Gasteiger partial charge is 0.0998 e. The predicted octanol–water partition coefficient (Wildman–Crippen LogP) is 9.50. The molecule has 0 saturated heterocycles. The van der Waals surface area contributed by atoms with E-state index in [1.807, 2.05) is 24.3 Å². The average Bonchev–Trinajstić information content (AvgIpc) is 3.51. The van der Waals surface area contributed by atoms with Gasteiger partial charge in [0.05, 0.1) is 23.3 Å². The predicted molar refractivity (Wildman–Crippen MR) is 153 cm³/mol. The summed E-state index contributed by atoms with van der Waals surface area (Å²) in [5.41, 5.74) is 4.75. The Morgan fingerprint density at radius 1 is 0.444 bits per heavy atom. The lowest BCUT2D eigenvalue weighted by Crippen LogP contribution is -1.92. The fourth-order valence-corrected chi connectivity index (χ4v) is 7.61. The molecule has 4 heteroatoms. The van der Waals surface area contributed by atoms with Gasteiger partial charge in [-0.2, -0.15) is 10.5 Å². The molecule has 0 aliphatic carbocycles. The van der Waals surface area contributed by atoms with Crippen LogP contribution in [0.5, 0.6) is 0 Å². The number of nitriles is 2. The van der Waals surface area contributed by atoms with Crippen LogP contribution in [0, 0.1) is 22.7 Å². The molecular weight excluding hydrogens is 477 g/mol. The highest BCUT2D eigenvalue weighted by molar-refractivity contribution is 7.26. The first-order valence-corrected chi connectivity index (χ1v) is 13.2. The van der Waals surface area contributed by atoms with Crippen LogP contribution in [0.2, 0.25) is 0 Å². The Kier molecular flexibility index (Phi) is 4.66. The summed E-state index contributed by atoms with van der Waals surface area (Å²) in [6, 6.07) is 37.9. The molecule has 2 nitrogen and oxygen atoms in total. The molecule has 0 spiro atoms. The van der Waals surface area contributed by atoms with Gasteiger partial charge in [-0.25, -0.2) is 0 Å². The fraction of sp³-hybridized carbons (Fsp3) is 0. The molecule has 0 radical (unpaired) electrons. The molecule has 0 aliphatic rings. The van der Waals surface area contributed by atoms with E-state index >= 15 is 0 Å². The maximum Gasteiger partial charge on any atom is 0.0998 e. The van der Waals surface area contributed by atoms with Gasteiger partial charge >= 0.3 is 0 Å². The largest absolute Gasteiger partial charge is 0.192 e. The number of rotatable bonds is 2. The molecular formula is C32H16N2S2. The van der Waals surface area contributed by atoms with E-state index in [4.69, 9.17) is 0 Å². The molecule has 2 aromatic heterocycles. The molecule has 7 rings (SSSR count). The van der Waals surface area contributed by atoms with Gasteiger partial charge in [0.2, 0.25) is 0 Å². The Hall–Kier alpha value is -4.48. The number of hydrogen-bond acceptors (Lipinski definition) is 4. The van der Waals surface area contributed by atoms with Gasteiger partial charge in [-0.3, -0.25) is 0 Å². The minimum Gasteiger partial charge on any atom is -0.192 e. The Morgan fingerprint density at radius 2 is 0.861 bits per heavy atom. The standard InChI is InChI=1S/C32H16N2S2/c33-17-19-16-28(26-12-6-10-24-22-8-2-4-14-30(22)36-32(24)26)20(18-34)15-27(19)25-11-5-9-23-21-7-1-3-13-29(21)35-31(23)25/h1-16H. The second-order valence-corrected chi connectivity index (χ2v) is 10.8. The zero-order valence-electron chi connectivity index (χ0n) is 18.9. The number of fused-ring (bicyclic) bond motifs is 6. The molecule has 0 aliphatic heterocycles. The second-order valence-electron chi connectivity index (χ2n) is 8.73. The Morgan fingerprint density at radius 3 is 1.31 bits per heavy atom. The van der Waals surface area contributed by atoms with Gasteiger partial charge in [0, 0.05) is 62.6 Å². The van der Waals surface area contributed by atoms with Gasteiger partial charge in [0.25, 0.3) is 0 Å². The van der Waals surface area contributed by atoms with Crippen molar-refractivity contribution in [3.05, 3.63) is 108 Å². The summed E-state index contributed by atoms with van der Waals surface area (Å²) >= 11 is 3.46. The van der Waals surface area contributed by atoms with Crippen molar-refractivity contribution in [1.82, 2.24) is 0 Å². The molecule has 0 bridgehead atoms. The first-order valence-electron chi connectivity index (χ1n) is 11.6. The third kappa shape index (κ3) is 3.00. The Labute approximate surface area is 215 Å². The van der Waals surface area contributed by atoms with E-state index < -0.39 is 0 Å². The summed E-state index contributed by atoms with van der Waals surface area (Å²) in [4.78, 5) is 0. The summed E-state index contributed by atoms with van der Waals surface area (Å²) in [7, 11) is 0. The second kappa shape index (κ2) is 8.04. The topological polar surface area (TPSA) is 47.6 Å². The van der Waals surface area contributed by atoms with Crippen molar-refractivity contribution in [1.29, 1.82) is 10.5 Å². The SMILES string of the molecule is N#Cc1cc(-c2cccc3c2sc2ccccc23)c(C#N)cc1-c1cccc2c1sc1ccccc12. The maximum atomic E-state index is 10.2. The average molecular weight is 493 g/mol. The highest BCUT2D eigenvalue weighted by atomic mass is 32.1. The van der Waals surface area contributed by atoms with Crippen LogP contribution in [-0.2, 0) is 0 Å². The lowest BCUT2D eigenvalue weighted by atomic mass is 9.90. The molecule has 7 aromatic rings. The molecule has 0 saturated carbocycles. The third-order valence-corrected chi connectivity index (χ3v) is 9.23.